The van der Waals surface area contributed by atoms with E-state index in [1.54, 1.807) is 24.3 Å². The van der Waals surface area contributed by atoms with Crippen molar-refractivity contribution in [1.29, 1.82) is 0 Å². The van der Waals surface area contributed by atoms with Crippen LogP contribution in [0.25, 0.3) is 0 Å². The van der Waals surface area contributed by atoms with Gasteiger partial charge in [0.1, 0.15) is 23.2 Å². The molecule has 0 radical (unpaired) electrons. The summed E-state index contributed by atoms with van der Waals surface area (Å²) >= 11 is 0. The van der Waals surface area contributed by atoms with Crippen molar-refractivity contribution in [2.75, 3.05) is 7.11 Å². The molecule has 0 fully saturated rings. The van der Waals surface area contributed by atoms with Gasteiger partial charge in [-0.1, -0.05) is 12.1 Å². The van der Waals surface area contributed by atoms with Gasteiger partial charge in [0.15, 0.2) is 5.78 Å². The average Bonchev–Trinajstić information content (AvgIpc) is 2.37. The normalized spacial score (nSPS) is 10.4. The van der Waals surface area contributed by atoms with Crippen LogP contribution in [0.3, 0.4) is 0 Å². The summed E-state index contributed by atoms with van der Waals surface area (Å²) in [7, 11) is 1.47. The van der Waals surface area contributed by atoms with E-state index in [2.05, 4.69) is 0 Å². The molecule has 0 heterocycles. The summed E-state index contributed by atoms with van der Waals surface area (Å²) in [6.07, 6.45) is -0.198. The zero-order chi connectivity index (χ0) is 14.7. The minimum Gasteiger partial charge on any atom is -0.497 e. The Morgan fingerprint density at radius 1 is 1.10 bits per heavy atom. The Kier molecular flexibility index (Phi) is 4.08. The zero-order valence-electron chi connectivity index (χ0n) is 10.6. The molecule has 0 N–H and O–H groups in total. The summed E-state index contributed by atoms with van der Waals surface area (Å²) in [4.78, 5) is 11.9. The molecule has 0 saturated carbocycles. The maximum absolute atomic E-state index is 13.5. The van der Waals surface area contributed by atoms with Crippen LogP contribution in [-0.4, -0.2) is 12.9 Å². The lowest BCUT2D eigenvalue weighted by Crippen LogP contribution is -2.09. The third kappa shape index (κ3) is 2.99. The minimum atomic E-state index is -1.20. The van der Waals surface area contributed by atoms with Gasteiger partial charge in [-0.05, 0) is 17.7 Å². The molecule has 104 valence electrons. The molecule has 0 aliphatic heterocycles. The molecule has 0 aliphatic rings. The number of halogens is 3. The summed E-state index contributed by atoms with van der Waals surface area (Å²) in [5.41, 5.74) is -0.174. The van der Waals surface area contributed by atoms with Gasteiger partial charge < -0.3 is 4.74 Å². The Bertz CT molecular complexity index is 630. The van der Waals surface area contributed by atoms with Crippen molar-refractivity contribution < 1.29 is 22.7 Å². The Hall–Kier alpha value is -2.30. The molecule has 2 aromatic carbocycles. The highest BCUT2D eigenvalue weighted by Gasteiger charge is 2.19. The Morgan fingerprint density at radius 2 is 1.75 bits per heavy atom. The van der Waals surface area contributed by atoms with Gasteiger partial charge in [-0.2, -0.15) is 0 Å². The van der Waals surface area contributed by atoms with Crippen LogP contribution >= 0.6 is 0 Å². The number of carbonyl (C=O) groups is 1. The van der Waals surface area contributed by atoms with E-state index < -0.39 is 28.8 Å². The summed E-state index contributed by atoms with van der Waals surface area (Å²) < 4.78 is 44.8. The van der Waals surface area contributed by atoms with Crippen LogP contribution in [0.1, 0.15) is 15.9 Å². The van der Waals surface area contributed by atoms with E-state index in [1.165, 1.54) is 7.11 Å². The third-order valence-electron chi connectivity index (χ3n) is 2.78. The smallest absolute Gasteiger partial charge is 0.173 e. The monoisotopic (exact) mass is 280 g/mol. The first-order valence-corrected chi connectivity index (χ1v) is 5.82. The van der Waals surface area contributed by atoms with E-state index >= 15 is 0 Å². The van der Waals surface area contributed by atoms with Gasteiger partial charge in [-0.25, -0.2) is 13.2 Å². The summed E-state index contributed by atoms with van der Waals surface area (Å²) in [6, 6.07) is 7.56. The molecule has 0 bridgehead atoms. The minimum absolute atomic E-state index is 0.198. The number of hydrogen-bond donors (Lipinski definition) is 0. The predicted octanol–water partition coefficient (Wildman–Crippen LogP) is 3.54. The van der Waals surface area contributed by atoms with E-state index in [0.717, 1.165) is 0 Å². The van der Waals surface area contributed by atoms with Crippen LogP contribution in [0, 0.1) is 17.5 Å². The van der Waals surface area contributed by atoms with Crippen molar-refractivity contribution in [1.82, 2.24) is 0 Å². The molecule has 0 aromatic heterocycles. The molecule has 0 unspecified atom stereocenters. The molecule has 2 aromatic rings. The fourth-order valence-electron chi connectivity index (χ4n) is 1.86. The summed E-state index contributed by atoms with van der Waals surface area (Å²) in [6.45, 7) is 0. The zero-order valence-corrected chi connectivity index (χ0v) is 10.6. The third-order valence-corrected chi connectivity index (χ3v) is 2.78. The molecule has 20 heavy (non-hydrogen) atoms. The molecular weight excluding hydrogens is 269 g/mol. The number of carbonyl (C=O) groups excluding carboxylic acids is 1. The lowest BCUT2D eigenvalue weighted by molar-refractivity contribution is 0.0984. The number of ether oxygens (including phenoxy) is 1. The van der Waals surface area contributed by atoms with Gasteiger partial charge >= 0.3 is 0 Å². The highest BCUT2D eigenvalue weighted by atomic mass is 19.1. The number of ketones is 1. The standard InChI is InChI=1S/C15H11F3O2/c1-20-11-4-2-3-9(5-11)6-14(19)15-12(17)7-10(16)8-13(15)18/h2-5,7-8H,6H2,1H3. The quantitative estimate of drug-likeness (QED) is 0.801. The number of methoxy groups -OCH3 is 1. The molecule has 0 amide bonds. The van der Waals surface area contributed by atoms with Crippen LogP contribution in [0.4, 0.5) is 13.2 Å². The first-order valence-electron chi connectivity index (χ1n) is 5.82. The van der Waals surface area contributed by atoms with Crippen LogP contribution in [-0.2, 0) is 6.42 Å². The van der Waals surface area contributed by atoms with Crippen LogP contribution in [0.5, 0.6) is 5.75 Å². The van der Waals surface area contributed by atoms with Crippen molar-refractivity contribution in [3.63, 3.8) is 0 Å². The average molecular weight is 280 g/mol. The second-order valence-corrected chi connectivity index (χ2v) is 4.20. The number of Topliss-reactive ketones (excluding diaryl/α,β-unsaturated/α-hetero) is 1. The molecule has 0 saturated heterocycles. The van der Waals surface area contributed by atoms with Gasteiger partial charge in [0.25, 0.3) is 0 Å². The van der Waals surface area contributed by atoms with Gasteiger partial charge in [-0.3, -0.25) is 4.79 Å². The van der Waals surface area contributed by atoms with E-state index in [9.17, 15) is 18.0 Å². The van der Waals surface area contributed by atoms with Gasteiger partial charge in [0.05, 0.1) is 12.7 Å². The Morgan fingerprint density at radius 3 is 2.35 bits per heavy atom. The van der Waals surface area contributed by atoms with Gasteiger partial charge in [0.2, 0.25) is 0 Å². The Labute approximate surface area is 113 Å². The van der Waals surface area contributed by atoms with Gasteiger partial charge in [-0.15, -0.1) is 0 Å². The maximum Gasteiger partial charge on any atom is 0.173 e. The Balaban J connectivity index is 2.28. The molecule has 0 spiro atoms. The lowest BCUT2D eigenvalue weighted by Gasteiger charge is -2.06. The van der Waals surface area contributed by atoms with Crippen molar-refractivity contribution in [3.05, 3.63) is 65.0 Å². The molecule has 0 aliphatic carbocycles. The fourth-order valence-corrected chi connectivity index (χ4v) is 1.86. The van der Waals surface area contributed by atoms with Crippen molar-refractivity contribution in [3.8, 4) is 5.75 Å². The van der Waals surface area contributed by atoms with Crippen LogP contribution < -0.4 is 4.74 Å². The molecule has 0 atom stereocenters. The number of benzene rings is 2. The van der Waals surface area contributed by atoms with E-state index in [4.69, 9.17) is 4.74 Å². The summed E-state index contributed by atoms with van der Waals surface area (Å²) in [5.74, 6) is -3.67. The highest BCUT2D eigenvalue weighted by molar-refractivity contribution is 5.98. The molecule has 2 nitrogen and oxygen atoms in total. The second-order valence-electron chi connectivity index (χ2n) is 4.20. The molecule has 2 rings (SSSR count). The molecule has 5 heteroatoms. The second kappa shape index (κ2) is 5.77. The van der Waals surface area contributed by atoms with Crippen molar-refractivity contribution in [2.45, 2.75) is 6.42 Å². The predicted molar refractivity (Wildman–Crippen MR) is 67.3 cm³/mol. The number of rotatable bonds is 4. The number of hydrogen-bond acceptors (Lipinski definition) is 2. The first kappa shape index (κ1) is 14.1. The fraction of sp³-hybridized carbons (Fsp3) is 0.133. The van der Waals surface area contributed by atoms with E-state index in [1.807, 2.05) is 0 Å². The van der Waals surface area contributed by atoms with Gasteiger partial charge in [0, 0.05) is 18.6 Å². The summed E-state index contributed by atoms with van der Waals surface area (Å²) in [5, 5.41) is 0. The van der Waals surface area contributed by atoms with Crippen molar-refractivity contribution in [2.24, 2.45) is 0 Å². The first-order chi connectivity index (χ1) is 9.51. The van der Waals surface area contributed by atoms with Crippen molar-refractivity contribution >= 4 is 5.78 Å². The topological polar surface area (TPSA) is 26.3 Å². The molecular formula is C15H11F3O2. The maximum atomic E-state index is 13.5. The van der Waals surface area contributed by atoms with E-state index in [-0.39, 0.29) is 6.42 Å². The lowest BCUT2D eigenvalue weighted by atomic mass is 10.0. The largest absolute Gasteiger partial charge is 0.497 e. The highest BCUT2D eigenvalue weighted by Crippen LogP contribution is 2.19. The SMILES string of the molecule is COc1cccc(CC(=O)c2c(F)cc(F)cc2F)c1. The van der Waals surface area contributed by atoms with Crippen LogP contribution in [0.2, 0.25) is 0 Å². The van der Waals surface area contributed by atoms with E-state index in [0.29, 0.717) is 23.4 Å². The van der Waals surface area contributed by atoms with Crippen LogP contribution in [0.15, 0.2) is 36.4 Å².